The zero-order valence-electron chi connectivity index (χ0n) is 24.8. The summed E-state index contributed by atoms with van der Waals surface area (Å²) >= 11 is 0. The van der Waals surface area contributed by atoms with E-state index in [-0.39, 0.29) is 0 Å². The molecule has 0 N–H and O–H groups in total. The van der Waals surface area contributed by atoms with Gasteiger partial charge in [0, 0.05) is 38.2 Å². The Morgan fingerprint density at radius 3 is 1.74 bits per heavy atom. The van der Waals surface area contributed by atoms with Crippen LogP contribution in [0.3, 0.4) is 0 Å². The summed E-state index contributed by atoms with van der Waals surface area (Å²) in [5.41, 5.74) is 7.73. The van der Waals surface area contributed by atoms with Gasteiger partial charge < -0.3 is 8.83 Å². The van der Waals surface area contributed by atoms with Crippen molar-refractivity contribution < 1.29 is 8.83 Å². The summed E-state index contributed by atoms with van der Waals surface area (Å²) in [6.45, 7) is 0. The van der Waals surface area contributed by atoms with Crippen molar-refractivity contribution in [3.05, 3.63) is 140 Å². The quantitative estimate of drug-likeness (QED) is 0.199. The number of benzene rings is 6. The van der Waals surface area contributed by atoms with Crippen molar-refractivity contribution in [2.24, 2.45) is 0 Å². The number of nitrogens with zero attached hydrogens (tertiary/aromatic N) is 5. The van der Waals surface area contributed by atoms with Crippen LogP contribution in [0.1, 0.15) is 0 Å². The molecule has 4 aromatic heterocycles. The van der Waals surface area contributed by atoms with E-state index in [1.165, 1.54) is 0 Å². The zero-order chi connectivity index (χ0) is 30.9. The van der Waals surface area contributed by atoms with E-state index in [0.29, 0.717) is 29.1 Å². The van der Waals surface area contributed by atoms with Crippen molar-refractivity contribution in [1.82, 2.24) is 24.5 Å². The molecule has 0 bridgehead atoms. The van der Waals surface area contributed by atoms with Crippen LogP contribution >= 0.6 is 0 Å². The third kappa shape index (κ3) is 4.07. The molecule has 6 aromatic carbocycles. The van der Waals surface area contributed by atoms with Crippen LogP contribution in [0.2, 0.25) is 0 Å². The summed E-state index contributed by atoms with van der Waals surface area (Å²) in [5, 5.41) is 4.33. The first-order valence-corrected chi connectivity index (χ1v) is 15.4. The third-order valence-corrected chi connectivity index (χ3v) is 8.71. The van der Waals surface area contributed by atoms with Crippen LogP contribution in [0.4, 0.5) is 0 Å². The minimum absolute atomic E-state index is 0.532. The molecule has 10 rings (SSSR count). The van der Waals surface area contributed by atoms with Crippen molar-refractivity contribution in [3.63, 3.8) is 0 Å². The van der Waals surface area contributed by atoms with Gasteiger partial charge in [-0.25, -0.2) is 9.97 Å². The van der Waals surface area contributed by atoms with E-state index in [1.54, 1.807) is 0 Å². The number of aromatic nitrogens is 5. The second kappa shape index (κ2) is 9.95. The van der Waals surface area contributed by atoms with E-state index in [0.717, 1.165) is 66.0 Å². The first-order chi connectivity index (χ1) is 23.3. The van der Waals surface area contributed by atoms with Gasteiger partial charge in [-0.1, -0.05) is 72.8 Å². The van der Waals surface area contributed by atoms with Crippen LogP contribution in [0, 0.1) is 0 Å². The van der Waals surface area contributed by atoms with Crippen molar-refractivity contribution in [3.8, 4) is 40.2 Å². The standard InChI is InChI=1S/C40H23N5O2/c1-2-10-24(11-3-1)39-41-31-23-26(19-21-36(31)47-39)38-42-37(25-18-20-35-30(22-25)29-14-6-9-17-34(29)46-35)43-40(44-38)45-32-15-7-4-12-27(32)28-13-5-8-16-33(28)45/h1-23H. The molecule has 0 aliphatic rings. The lowest BCUT2D eigenvalue weighted by Crippen LogP contribution is -2.06. The van der Waals surface area contributed by atoms with E-state index in [2.05, 4.69) is 53.1 Å². The van der Waals surface area contributed by atoms with E-state index in [9.17, 15) is 0 Å². The van der Waals surface area contributed by atoms with Crippen LogP contribution in [0.5, 0.6) is 0 Å². The minimum Gasteiger partial charge on any atom is -0.456 e. The molecule has 0 saturated heterocycles. The normalized spacial score (nSPS) is 11.8. The SMILES string of the molecule is c1ccc(-c2nc3cc(-c4nc(-c5ccc6oc7ccccc7c6c5)nc(-n5c6ccccc6c6ccccc65)n4)ccc3o2)cc1. The topological polar surface area (TPSA) is 82.8 Å². The first-order valence-electron chi connectivity index (χ1n) is 15.4. The molecule has 47 heavy (non-hydrogen) atoms. The maximum atomic E-state index is 6.12. The Bertz CT molecular complexity index is 2760. The highest BCUT2D eigenvalue weighted by Crippen LogP contribution is 2.35. The van der Waals surface area contributed by atoms with E-state index in [4.69, 9.17) is 28.8 Å². The second-order valence-corrected chi connectivity index (χ2v) is 11.5. The molecule has 220 valence electrons. The van der Waals surface area contributed by atoms with Gasteiger partial charge >= 0.3 is 0 Å². The van der Waals surface area contributed by atoms with Crippen molar-refractivity contribution in [2.45, 2.75) is 0 Å². The van der Waals surface area contributed by atoms with Crippen molar-refractivity contribution >= 4 is 54.8 Å². The Kier molecular flexibility index (Phi) is 5.44. The molecule has 0 aliphatic carbocycles. The molecule has 4 heterocycles. The maximum Gasteiger partial charge on any atom is 0.238 e. The molecule has 0 radical (unpaired) electrons. The van der Waals surface area contributed by atoms with Gasteiger partial charge in [0.25, 0.3) is 0 Å². The Morgan fingerprint density at radius 2 is 1.00 bits per heavy atom. The number of furan rings is 1. The summed E-state index contributed by atoms with van der Waals surface area (Å²) in [6.07, 6.45) is 0. The number of hydrogen-bond acceptors (Lipinski definition) is 6. The first kappa shape index (κ1) is 25.7. The summed E-state index contributed by atoms with van der Waals surface area (Å²) in [5.74, 6) is 2.20. The highest BCUT2D eigenvalue weighted by Gasteiger charge is 2.19. The number of rotatable bonds is 4. The van der Waals surface area contributed by atoms with Gasteiger partial charge in [0.15, 0.2) is 17.2 Å². The smallest absolute Gasteiger partial charge is 0.238 e. The van der Waals surface area contributed by atoms with Gasteiger partial charge in [0.05, 0.1) is 11.0 Å². The van der Waals surface area contributed by atoms with Gasteiger partial charge in [-0.05, 0) is 66.7 Å². The average molecular weight is 606 g/mol. The molecule has 0 fully saturated rings. The molecule has 0 saturated carbocycles. The molecule has 7 heteroatoms. The summed E-state index contributed by atoms with van der Waals surface area (Å²) < 4.78 is 14.3. The van der Waals surface area contributed by atoms with Crippen molar-refractivity contribution in [1.29, 1.82) is 0 Å². The molecular weight excluding hydrogens is 582 g/mol. The van der Waals surface area contributed by atoms with Crippen LogP contribution in [-0.2, 0) is 0 Å². The van der Waals surface area contributed by atoms with E-state index in [1.807, 2.05) is 91.0 Å². The molecule has 0 amide bonds. The van der Waals surface area contributed by atoms with Crippen molar-refractivity contribution in [2.75, 3.05) is 0 Å². The van der Waals surface area contributed by atoms with E-state index < -0.39 is 0 Å². The molecular formula is C40H23N5O2. The molecule has 0 aliphatic heterocycles. The fourth-order valence-electron chi connectivity index (χ4n) is 6.50. The fraction of sp³-hybridized carbons (Fsp3) is 0. The summed E-state index contributed by atoms with van der Waals surface area (Å²) in [6, 6.07) is 46.6. The Labute approximate surface area is 267 Å². The lowest BCUT2D eigenvalue weighted by Gasteiger charge is -2.11. The van der Waals surface area contributed by atoms with Crippen LogP contribution in [0.25, 0.3) is 95.0 Å². The molecule has 10 aromatic rings. The molecule has 0 spiro atoms. The number of fused-ring (bicyclic) bond motifs is 7. The summed E-state index contributed by atoms with van der Waals surface area (Å²) in [4.78, 5) is 20.1. The van der Waals surface area contributed by atoms with Gasteiger partial charge in [0.1, 0.15) is 16.7 Å². The lowest BCUT2D eigenvalue weighted by molar-refractivity contribution is 0.620. The molecule has 7 nitrogen and oxygen atoms in total. The third-order valence-electron chi connectivity index (χ3n) is 8.71. The summed E-state index contributed by atoms with van der Waals surface area (Å²) in [7, 11) is 0. The van der Waals surface area contributed by atoms with Crippen LogP contribution < -0.4 is 0 Å². The average Bonchev–Trinajstić information content (AvgIpc) is 3.83. The Hall–Kier alpha value is -6.60. The lowest BCUT2D eigenvalue weighted by atomic mass is 10.1. The fourth-order valence-corrected chi connectivity index (χ4v) is 6.50. The minimum atomic E-state index is 0.532. The molecule has 0 unspecified atom stereocenters. The Morgan fingerprint density at radius 1 is 0.404 bits per heavy atom. The highest BCUT2D eigenvalue weighted by molar-refractivity contribution is 6.09. The number of para-hydroxylation sites is 3. The Balaban J connectivity index is 1.21. The van der Waals surface area contributed by atoms with Gasteiger partial charge in [-0.15, -0.1) is 0 Å². The van der Waals surface area contributed by atoms with Gasteiger partial charge in [-0.2, -0.15) is 9.97 Å². The monoisotopic (exact) mass is 605 g/mol. The highest BCUT2D eigenvalue weighted by atomic mass is 16.3. The number of oxazole rings is 1. The largest absolute Gasteiger partial charge is 0.456 e. The van der Waals surface area contributed by atoms with Gasteiger partial charge in [0.2, 0.25) is 11.8 Å². The number of hydrogen-bond donors (Lipinski definition) is 0. The maximum absolute atomic E-state index is 6.12. The zero-order valence-corrected chi connectivity index (χ0v) is 24.8. The van der Waals surface area contributed by atoms with Gasteiger partial charge in [-0.3, -0.25) is 4.57 Å². The van der Waals surface area contributed by atoms with Crippen LogP contribution in [0.15, 0.2) is 148 Å². The predicted octanol–water partition coefficient (Wildman–Crippen LogP) is 10.0. The van der Waals surface area contributed by atoms with E-state index >= 15 is 0 Å². The molecule has 0 atom stereocenters. The second-order valence-electron chi connectivity index (χ2n) is 11.5. The van der Waals surface area contributed by atoms with Crippen LogP contribution in [-0.4, -0.2) is 24.5 Å². The predicted molar refractivity (Wildman–Crippen MR) is 185 cm³/mol.